The fraction of sp³-hybridized carbons (Fsp3) is 0.727. The number of thioether (sulfide) groups is 1. The molecule has 7 heteroatoms. The van der Waals surface area contributed by atoms with Crippen molar-refractivity contribution in [3.05, 3.63) is 0 Å². The van der Waals surface area contributed by atoms with Gasteiger partial charge in [0.15, 0.2) is 0 Å². The number of carboxylic acid groups (broad SMARTS) is 1. The zero-order chi connectivity index (χ0) is 14.1. The number of carboxylic acids is 1. The number of carbonyl (C=O) groups excluding carboxylic acids is 1. The predicted molar refractivity (Wildman–Crippen MR) is 70.4 cm³/mol. The Labute approximate surface area is 111 Å². The van der Waals surface area contributed by atoms with Crippen LogP contribution in [0.1, 0.15) is 13.3 Å². The van der Waals surface area contributed by atoms with Gasteiger partial charge in [0.25, 0.3) is 0 Å². The smallest absolute Gasteiger partial charge is 0.326 e. The first-order valence-electron chi connectivity index (χ1n) is 5.55. The van der Waals surface area contributed by atoms with E-state index in [1.807, 2.05) is 12.3 Å². The Morgan fingerprint density at radius 3 is 2.61 bits per heavy atom. The van der Waals surface area contributed by atoms with Gasteiger partial charge in [-0.05, 0) is 25.4 Å². The molecule has 2 N–H and O–H groups in total. The molecule has 0 fully saturated rings. The molecule has 6 nitrogen and oxygen atoms in total. The summed E-state index contributed by atoms with van der Waals surface area (Å²) >= 11 is 1.53. The second kappa shape index (κ2) is 8.64. The molecular weight excluding hydrogens is 254 g/mol. The molecule has 0 saturated heterocycles. The number of hydrogen-bond donors (Lipinski definition) is 2. The largest absolute Gasteiger partial charge is 0.480 e. The Bertz CT molecular complexity index is 330. The van der Waals surface area contributed by atoms with Crippen LogP contribution in [0.15, 0.2) is 0 Å². The van der Waals surface area contributed by atoms with Crippen molar-refractivity contribution in [1.29, 1.82) is 5.26 Å². The highest BCUT2D eigenvalue weighted by Crippen LogP contribution is 2.03. The fourth-order valence-corrected chi connectivity index (χ4v) is 1.76. The first kappa shape index (κ1) is 16.6. The lowest BCUT2D eigenvalue weighted by atomic mass is 10.2. The highest BCUT2D eigenvalue weighted by Gasteiger charge is 2.21. The molecule has 0 heterocycles. The van der Waals surface area contributed by atoms with E-state index in [2.05, 4.69) is 5.32 Å². The summed E-state index contributed by atoms with van der Waals surface area (Å²) in [4.78, 5) is 24.0. The number of carbonyl (C=O) groups is 2. The standard InChI is InChI=1S/C11H19N3O3S/c1-8(6-12)7-14(2)11(17)13-9(10(15)16)4-5-18-3/h8-9H,4-5,7H2,1-3H3,(H,13,17)(H,15,16). The molecule has 0 aliphatic rings. The maximum Gasteiger partial charge on any atom is 0.326 e. The molecule has 0 aromatic carbocycles. The van der Waals surface area contributed by atoms with Crippen LogP contribution in [0.3, 0.4) is 0 Å². The average Bonchev–Trinajstić information content (AvgIpc) is 2.33. The van der Waals surface area contributed by atoms with Crippen molar-refractivity contribution >= 4 is 23.8 Å². The molecule has 2 atom stereocenters. The zero-order valence-corrected chi connectivity index (χ0v) is 11.7. The number of nitrogens with one attached hydrogen (secondary N) is 1. The third-order valence-electron chi connectivity index (χ3n) is 2.32. The zero-order valence-electron chi connectivity index (χ0n) is 10.8. The maximum absolute atomic E-state index is 11.7. The lowest BCUT2D eigenvalue weighted by Gasteiger charge is -2.22. The summed E-state index contributed by atoms with van der Waals surface area (Å²) in [7, 11) is 1.54. The van der Waals surface area contributed by atoms with Gasteiger partial charge in [0.1, 0.15) is 6.04 Å². The van der Waals surface area contributed by atoms with Crippen LogP contribution in [0.2, 0.25) is 0 Å². The van der Waals surface area contributed by atoms with E-state index in [4.69, 9.17) is 10.4 Å². The second-order valence-corrected chi connectivity index (χ2v) is 5.02. The van der Waals surface area contributed by atoms with Crippen molar-refractivity contribution in [2.45, 2.75) is 19.4 Å². The summed E-state index contributed by atoms with van der Waals surface area (Å²) in [6.45, 7) is 1.98. The Balaban J connectivity index is 4.32. The highest BCUT2D eigenvalue weighted by molar-refractivity contribution is 7.98. The fourth-order valence-electron chi connectivity index (χ4n) is 1.29. The van der Waals surface area contributed by atoms with E-state index < -0.39 is 18.0 Å². The summed E-state index contributed by atoms with van der Waals surface area (Å²) in [6.07, 6.45) is 2.26. The summed E-state index contributed by atoms with van der Waals surface area (Å²) in [6, 6.07) is 0.668. The van der Waals surface area contributed by atoms with Crippen LogP contribution in [-0.4, -0.2) is 53.6 Å². The number of nitriles is 1. The van der Waals surface area contributed by atoms with Crippen LogP contribution in [-0.2, 0) is 4.79 Å². The number of rotatable bonds is 7. The van der Waals surface area contributed by atoms with Gasteiger partial charge >= 0.3 is 12.0 Å². The number of amides is 2. The van der Waals surface area contributed by atoms with E-state index in [0.29, 0.717) is 12.2 Å². The van der Waals surface area contributed by atoms with Crippen LogP contribution >= 0.6 is 11.8 Å². The molecule has 0 bridgehead atoms. The number of hydrogen-bond acceptors (Lipinski definition) is 4. The van der Waals surface area contributed by atoms with E-state index in [0.717, 1.165) is 0 Å². The van der Waals surface area contributed by atoms with Crippen LogP contribution in [0.4, 0.5) is 4.79 Å². The SMILES string of the molecule is CSCCC(NC(=O)N(C)CC(C)C#N)C(=O)O. The molecule has 0 spiro atoms. The van der Waals surface area contributed by atoms with Crippen LogP contribution < -0.4 is 5.32 Å². The second-order valence-electron chi connectivity index (χ2n) is 4.03. The molecule has 18 heavy (non-hydrogen) atoms. The van der Waals surface area contributed by atoms with Crippen molar-refractivity contribution < 1.29 is 14.7 Å². The van der Waals surface area contributed by atoms with Gasteiger partial charge in [0, 0.05) is 13.6 Å². The van der Waals surface area contributed by atoms with Gasteiger partial charge in [-0.2, -0.15) is 17.0 Å². The molecule has 102 valence electrons. The minimum atomic E-state index is -1.04. The molecule has 0 aromatic rings. The lowest BCUT2D eigenvalue weighted by molar-refractivity contribution is -0.139. The maximum atomic E-state index is 11.7. The van der Waals surface area contributed by atoms with E-state index in [1.165, 1.54) is 23.7 Å². The quantitative estimate of drug-likeness (QED) is 0.721. The van der Waals surface area contributed by atoms with E-state index in [1.54, 1.807) is 6.92 Å². The Morgan fingerprint density at radius 1 is 1.56 bits per heavy atom. The predicted octanol–water partition coefficient (Wildman–Crippen LogP) is 0.994. The lowest BCUT2D eigenvalue weighted by Crippen LogP contribution is -2.47. The summed E-state index contributed by atoms with van der Waals surface area (Å²) in [5.41, 5.74) is 0. The molecule has 0 saturated carbocycles. The molecular formula is C11H19N3O3S. The molecule has 2 amide bonds. The third-order valence-corrected chi connectivity index (χ3v) is 2.97. The first-order valence-corrected chi connectivity index (χ1v) is 6.94. The van der Waals surface area contributed by atoms with Gasteiger partial charge in [0.2, 0.25) is 0 Å². The Hall–Kier alpha value is -1.42. The summed E-state index contributed by atoms with van der Waals surface area (Å²) < 4.78 is 0. The molecule has 0 aliphatic carbocycles. The molecule has 0 aliphatic heterocycles. The normalized spacial score (nSPS) is 13.2. The van der Waals surface area contributed by atoms with Crippen molar-refractivity contribution in [3.63, 3.8) is 0 Å². The van der Waals surface area contributed by atoms with Gasteiger partial charge in [-0.25, -0.2) is 9.59 Å². The van der Waals surface area contributed by atoms with E-state index in [-0.39, 0.29) is 12.5 Å². The highest BCUT2D eigenvalue weighted by atomic mass is 32.2. The van der Waals surface area contributed by atoms with E-state index in [9.17, 15) is 9.59 Å². The topological polar surface area (TPSA) is 93.4 Å². The van der Waals surface area contributed by atoms with Crippen molar-refractivity contribution in [2.24, 2.45) is 5.92 Å². The van der Waals surface area contributed by atoms with Gasteiger partial charge in [-0.3, -0.25) is 0 Å². The van der Waals surface area contributed by atoms with Crippen LogP contribution in [0, 0.1) is 17.2 Å². The van der Waals surface area contributed by atoms with Gasteiger partial charge < -0.3 is 15.3 Å². The van der Waals surface area contributed by atoms with Crippen molar-refractivity contribution in [2.75, 3.05) is 25.6 Å². The van der Waals surface area contributed by atoms with Gasteiger partial charge in [-0.1, -0.05) is 0 Å². The van der Waals surface area contributed by atoms with Crippen molar-refractivity contribution in [3.8, 4) is 6.07 Å². The summed E-state index contributed by atoms with van der Waals surface area (Å²) in [5.74, 6) is -0.662. The number of urea groups is 1. The molecule has 0 rings (SSSR count). The number of aliphatic carboxylic acids is 1. The minimum absolute atomic E-state index is 0.275. The summed E-state index contributed by atoms with van der Waals surface area (Å²) in [5, 5.41) is 20.1. The van der Waals surface area contributed by atoms with Gasteiger partial charge in [0.05, 0.1) is 12.0 Å². The monoisotopic (exact) mass is 273 g/mol. The molecule has 2 unspecified atom stereocenters. The van der Waals surface area contributed by atoms with Crippen LogP contribution in [0.25, 0.3) is 0 Å². The third kappa shape index (κ3) is 6.35. The number of nitrogens with zero attached hydrogens (tertiary/aromatic N) is 2. The Kier molecular flexibility index (Phi) is 7.96. The van der Waals surface area contributed by atoms with Crippen molar-refractivity contribution in [1.82, 2.24) is 10.2 Å². The Morgan fingerprint density at radius 2 is 2.17 bits per heavy atom. The molecule has 0 radical (unpaired) electrons. The average molecular weight is 273 g/mol. The van der Waals surface area contributed by atoms with Crippen LogP contribution in [0.5, 0.6) is 0 Å². The van der Waals surface area contributed by atoms with Gasteiger partial charge in [-0.15, -0.1) is 0 Å². The van der Waals surface area contributed by atoms with E-state index >= 15 is 0 Å². The first-order chi connectivity index (χ1) is 8.42. The minimum Gasteiger partial charge on any atom is -0.480 e. The molecule has 0 aromatic heterocycles.